The molecule has 0 bridgehead atoms. The Bertz CT molecular complexity index is 624. The number of hydrogen-bond donors (Lipinski definition) is 1. The predicted molar refractivity (Wildman–Crippen MR) is 79.2 cm³/mol. The van der Waals surface area contributed by atoms with E-state index < -0.39 is 0 Å². The lowest BCUT2D eigenvalue weighted by Gasteiger charge is -2.31. The van der Waals surface area contributed by atoms with Crippen molar-refractivity contribution in [1.82, 2.24) is 0 Å². The lowest BCUT2D eigenvalue weighted by atomic mass is 9.99. The van der Waals surface area contributed by atoms with Crippen LogP contribution in [0.3, 0.4) is 0 Å². The van der Waals surface area contributed by atoms with Crippen molar-refractivity contribution in [3.8, 4) is 11.5 Å². The van der Waals surface area contributed by atoms with Crippen LogP contribution >= 0.6 is 0 Å². The summed E-state index contributed by atoms with van der Waals surface area (Å²) >= 11 is 0. The van der Waals surface area contributed by atoms with Crippen LogP contribution in [0.15, 0.2) is 42.5 Å². The third-order valence-electron chi connectivity index (χ3n) is 3.92. The molecule has 3 nitrogen and oxygen atoms in total. The van der Waals surface area contributed by atoms with Gasteiger partial charge in [0, 0.05) is 5.56 Å². The van der Waals surface area contributed by atoms with Gasteiger partial charge in [0.2, 0.25) is 0 Å². The minimum absolute atomic E-state index is 0.162. The van der Waals surface area contributed by atoms with Gasteiger partial charge in [-0.25, -0.2) is 0 Å². The van der Waals surface area contributed by atoms with E-state index in [9.17, 15) is 0 Å². The summed E-state index contributed by atoms with van der Waals surface area (Å²) in [6.45, 7) is 4.62. The Morgan fingerprint density at radius 1 is 1.10 bits per heavy atom. The summed E-state index contributed by atoms with van der Waals surface area (Å²) in [5.74, 6) is 1.74. The molecule has 2 N–H and O–H groups in total. The van der Waals surface area contributed by atoms with Crippen LogP contribution in [0, 0.1) is 13.8 Å². The molecule has 3 rings (SSSR count). The highest BCUT2D eigenvalue weighted by atomic mass is 16.5. The lowest BCUT2D eigenvalue weighted by Crippen LogP contribution is -2.40. The molecular weight excluding hydrogens is 250 g/mol. The monoisotopic (exact) mass is 269 g/mol. The van der Waals surface area contributed by atoms with Crippen molar-refractivity contribution in [2.24, 2.45) is 5.73 Å². The first kappa shape index (κ1) is 13.0. The van der Waals surface area contributed by atoms with Gasteiger partial charge in [0.05, 0.1) is 6.04 Å². The number of ether oxygens (including phenoxy) is 2. The van der Waals surface area contributed by atoms with E-state index in [1.807, 2.05) is 36.4 Å². The van der Waals surface area contributed by atoms with Crippen LogP contribution in [0.25, 0.3) is 0 Å². The first-order chi connectivity index (χ1) is 9.66. The van der Waals surface area contributed by atoms with Gasteiger partial charge >= 0.3 is 0 Å². The molecule has 20 heavy (non-hydrogen) atoms. The van der Waals surface area contributed by atoms with Crippen molar-refractivity contribution in [1.29, 1.82) is 0 Å². The highest BCUT2D eigenvalue weighted by Crippen LogP contribution is 2.33. The fourth-order valence-electron chi connectivity index (χ4n) is 2.49. The van der Waals surface area contributed by atoms with E-state index in [2.05, 4.69) is 19.9 Å². The van der Waals surface area contributed by atoms with Crippen LogP contribution in [0.5, 0.6) is 11.5 Å². The van der Waals surface area contributed by atoms with Gasteiger partial charge in [-0.3, -0.25) is 0 Å². The Balaban J connectivity index is 1.85. The van der Waals surface area contributed by atoms with Gasteiger partial charge in [0.1, 0.15) is 18.1 Å². The Morgan fingerprint density at radius 3 is 2.75 bits per heavy atom. The Kier molecular flexibility index (Phi) is 3.36. The summed E-state index contributed by atoms with van der Waals surface area (Å²) in [5, 5.41) is 0. The molecular formula is C17H19NO2. The van der Waals surface area contributed by atoms with Crippen LogP contribution < -0.4 is 15.2 Å². The van der Waals surface area contributed by atoms with E-state index in [4.69, 9.17) is 15.2 Å². The average molecular weight is 269 g/mol. The highest BCUT2D eigenvalue weighted by molar-refractivity contribution is 5.41. The standard InChI is InChI=1S/C17H19NO2/c1-11-6-5-9-14(12(11)2)20-16-10-19-15-8-4-3-7-13(15)17(16)18/h3-9,16-17H,10,18H2,1-2H3. The third kappa shape index (κ3) is 2.25. The molecule has 2 aromatic rings. The maximum atomic E-state index is 6.32. The number of rotatable bonds is 2. The normalized spacial score (nSPS) is 20.9. The van der Waals surface area contributed by atoms with Gasteiger partial charge in [-0.1, -0.05) is 30.3 Å². The van der Waals surface area contributed by atoms with E-state index in [0.717, 1.165) is 22.6 Å². The fraction of sp³-hybridized carbons (Fsp3) is 0.294. The summed E-state index contributed by atoms with van der Waals surface area (Å²) in [7, 11) is 0. The maximum absolute atomic E-state index is 6.32. The molecule has 2 aromatic carbocycles. The lowest BCUT2D eigenvalue weighted by molar-refractivity contribution is 0.0871. The molecule has 0 saturated carbocycles. The van der Waals surface area contributed by atoms with Gasteiger partial charge in [-0.05, 0) is 37.1 Å². The van der Waals surface area contributed by atoms with E-state index in [1.54, 1.807) is 0 Å². The molecule has 1 aliphatic heterocycles. The minimum atomic E-state index is -0.167. The second kappa shape index (κ2) is 5.17. The van der Waals surface area contributed by atoms with Crippen molar-refractivity contribution in [3.05, 3.63) is 59.2 Å². The van der Waals surface area contributed by atoms with Crippen LogP contribution in [0.1, 0.15) is 22.7 Å². The first-order valence-electron chi connectivity index (χ1n) is 6.87. The molecule has 0 amide bonds. The summed E-state index contributed by atoms with van der Waals surface area (Å²) in [5.41, 5.74) is 9.70. The summed E-state index contributed by atoms with van der Waals surface area (Å²) in [4.78, 5) is 0. The Morgan fingerprint density at radius 2 is 1.90 bits per heavy atom. The smallest absolute Gasteiger partial charge is 0.152 e. The number of aryl methyl sites for hydroxylation is 1. The van der Waals surface area contributed by atoms with E-state index >= 15 is 0 Å². The molecule has 0 fully saturated rings. The Labute approximate surface area is 119 Å². The van der Waals surface area contributed by atoms with E-state index in [-0.39, 0.29) is 12.1 Å². The zero-order valence-electron chi connectivity index (χ0n) is 11.8. The number of para-hydroxylation sites is 1. The molecule has 0 aromatic heterocycles. The van der Waals surface area contributed by atoms with Crippen LogP contribution in [0.4, 0.5) is 0 Å². The molecule has 2 atom stereocenters. The zero-order valence-corrected chi connectivity index (χ0v) is 11.8. The number of nitrogens with two attached hydrogens (primary N) is 1. The number of fused-ring (bicyclic) bond motifs is 1. The Hall–Kier alpha value is -2.00. The molecule has 0 saturated heterocycles. The van der Waals surface area contributed by atoms with Gasteiger partial charge in [0.15, 0.2) is 6.10 Å². The van der Waals surface area contributed by atoms with Crippen LogP contribution in [-0.2, 0) is 0 Å². The average Bonchev–Trinajstić information content (AvgIpc) is 2.47. The highest BCUT2D eigenvalue weighted by Gasteiger charge is 2.29. The fourth-order valence-corrected chi connectivity index (χ4v) is 2.49. The third-order valence-corrected chi connectivity index (χ3v) is 3.92. The second-order valence-corrected chi connectivity index (χ2v) is 5.23. The molecule has 1 heterocycles. The second-order valence-electron chi connectivity index (χ2n) is 5.23. The molecule has 0 radical (unpaired) electrons. The maximum Gasteiger partial charge on any atom is 0.152 e. The SMILES string of the molecule is Cc1cccc(OC2COc3ccccc3C2N)c1C. The zero-order chi connectivity index (χ0) is 14.1. The molecule has 2 unspecified atom stereocenters. The molecule has 0 aliphatic carbocycles. The van der Waals surface area contributed by atoms with Crippen LogP contribution in [-0.4, -0.2) is 12.7 Å². The van der Waals surface area contributed by atoms with Crippen molar-refractivity contribution >= 4 is 0 Å². The number of benzene rings is 2. The van der Waals surface area contributed by atoms with Gasteiger partial charge in [-0.2, -0.15) is 0 Å². The van der Waals surface area contributed by atoms with Crippen LogP contribution in [0.2, 0.25) is 0 Å². The van der Waals surface area contributed by atoms with Gasteiger partial charge in [0.25, 0.3) is 0 Å². The summed E-state index contributed by atoms with van der Waals surface area (Å²) < 4.78 is 11.8. The summed E-state index contributed by atoms with van der Waals surface area (Å²) in [6.07, 6.45) is -0.162. The van der Waals surface area contributed by atoms with E-state index in [0.29, 0.717) is 6.61 Å². The molecule has 1 aliphatic rings. The van der Waals surface area contributed by atoms with Crippen molar-refractivity contribution in [2.75, 3.05) is 6.61 Å². The van der Waals surface area contributed by atoms with Gasteiger partial charge in [-0.15, -0.1) is 0 Å². The first-order valence-corrected chi connectivity index (χ1v) is 6.87. The number of hydrogen-bond acceptors (Lipinski definition) is 3. The molecule has 3 heteroatoms. The quantitative estimate of drug-likeness (QED) is 0.911. The topological polar surface area (TPSA) is 44.5 Å². The van der Waals surface area contributed by atoms with Crippen molar-refractivity contribution < 1.29 is 9.47 Å². The largest absolute Gasteiger partial charge is 0.489 e. The minimum Gasteiger partial charge on any atom is -0.489 e. The van der Waals surface area contributed by atoms with Crippen molar-refractivity contribution in [3.63, 3.8) is 0 Å². The predicted octanol–water partition coefficient (Wildman–Crippen LogP) is 3.14. The van der Waals surface area contributed by atoms with Gasteiger partial charge < -0.3 is 15.2 Å². The van der Waals surface area contributed by atoms with E-state index in [1.165, 1.54) is 5.56 Å². The van der Waals surface area contributed by atoms with Crippen molar-refractivity contribution in [2.45, 2.75) is 26.0 Å². The summed E-state index contributed by atoms with van der Waals surface area (Å²) in [6, 6.07) is 13.8. The molecule has 104 valence electrons. The molecule has 0 spiro atoms.